The minimum absolute atomic E-state index is 0.239. The second-order valence-electron chi connectivity index (χ2n) is 5.11. The van der Waals surface area contributed by atoms with Crippen LogP contribution in [0.2, 0.25) is 0 Å². The number of halogens is 3. The fourth-order valence-corrected chi connectivity index (χ4v) is 2.17. The van der Waals surface area contributed by atoms with Crippen molar-refractivity contribution in [2.24, 2.45) is 7.05 Å². The summed E-state index contributed by atoms with van der Waals surface area (Å²) in [6, 6.07) is 1.48. The number of ether oxygens (including phenoxy) is 1. The fraction of sp³-hybridized carbons (Fsp3) is 0.357. The van der Waals surface area contributed by atoms with Gasteiger partial charge in [-0.25, -0.2) is 4.79 Å². The van der Waals surface area contributed by atoms with Crippen molar-refractivity contribution in [3.63, 3.8) is 0 Å². The molecule has 124 valence electrons. The number of carbonyl (C=O) groups excluding carboxylic acids is 1. The molecule has 0 spiro atoms. The molecule has 2 aromatic rings. The average molecular weight is 329 g/mol. The maximum Gasteiger partial charge on any atom is 0.429 e. The van der Waals surface area contributed by atoms with Crippen LogP contribution in [-0.4, -0.2) is 26.9 Å². The number of hydrogen-bond donors (Lipinski definition) is 1. The van der Waals surface area contributed by atoms with Gasteiger partial charge in [-0.1, -0.05) is 0 Å². The van der Waals surface area contributed by atoms with E-state index in [1.807, 2.05) is 0 Å². The van der Waals surface area contributed by atoms with Crippen molar-refractivity contribution < 1.29 is 22.7 Å². The monoisotopic (exact) mass is 329 g/mol. The van der Waals surface area contributed by atoms with Gasteiger partial charge in [0, 0.05) is 24.5 Å². The van der Waals surface area contributed by atoms with Crippen molar-refractivity contribution in [2.45, 2.75) is 26.1 Å². The molecule has 1 N–H and O–H groups in total. The Hall–Kier alpha value is -2.58. The van der Waals surface area contributed by atoms with E-state index in [0.29, 0.717) is 5.69 Å². The van der Waals surface area contributed by atoms with Crippen molar-refractivity contribution in [1.29, 1.82) is 0 Å². The summed E-state index contributed by atoms with van der Waals surface area (Å²) in [6.45, 7) is 3.04. The second kappa shape index (κ2) is 5.90. The molecule has 0 amide bonds. The smallest absolute Gasteiger partial charge is 0.429 e. The van der Waals surface area contributed by atoms with Crippen LogP contribution in [0.3, 0.4) is 0 Å². The van der Waals surface area contributed by atoms with Crippen LogP contribution >= 0.6 is 0 Å². The molecule has 0 aliphatic carbocycles. The van der Waals surface area contributed by atoms with Crippen LogP contribution in [0.15, 0.2) is 23.3 Å². The third kappa shape index (κ3) is 3.61. The van der Waals surface area contributed by atoms with E-state index in [9.17, 15) is 22.8 Å². The predicted molar refractivity (Wildman–Crippen MR) is 74.0 cm³/mol. The Bertz CT molecular complexity index is 793. The summed E-state index contributed by atoms with van der Waals surface area (Å²) in [6.07, 6.45) is -5.27. The molecule has 0 radical (unpaired) electrons. The van der Waals surface area contributed by atoms with E-state index in [1.165, 1.54) is 20.0 Å². The first-order valence-electron chi connectivity index (χ1n) is 6.56. The van der Waals surface area contributed by atoms with Gasteiger partial charge in [-0.15, -0.1) is 0 Å². The van der Waals surface area contributed by atoms with Crippen LogP contribution in [-0.2, 0) is 11.8 Å². The largest absolute Gasteiger partial charge is 0.444 e. The van der Waals surface area contributed by atoms with Crippen LogP contribution < -0.4 is 5.56 Å². The first-order chi connectivity index (χ1) is 10.6. The zero-order chi connectivity index (χ0) is 17.4. The highest BCUT2D eigenvalue weighted by molar-refractivity contribution is 5.90. The first-order valence-corrected chi connectivity index (χ1v) is 6.56. The van der Waals surface area contributed by atoms with Crippen LogP contribution in [0.5, 0.6) is 0 Å². The Morgan fingerprint density at radius 3 is 2.52 bits per heavy atom. The fourth-order valence-electron chi connectivity index (χ4n) is 2.17. The number of hydrogen-bond acceptors (Lipinski definition) is 4. The zero-order valence-electron chi connectivity index (χ0n) is 12.6. The van der Waals surface area contributed by atoms with Crippen molar-refractivity contribution in [3.8, 4) is 0 Å². The topological polar surface area (TPSA) is 77.0 Å². The summed E-state index contributed by atoms with van der Waals surface area (Å²) in [5.74, 6) is -1.34. The standard InChI is InChI=1S/C14H14F3N3O3/c1-7-4-8(2)19-12(21)10(7)13(22)23-11(14(15,16)17)9-5-18-20(3)6-9/h4-6,11H,1-3H3,(H,19,21)/t11-/m0/s1. The van der Waals surface area contributed by atoms with Gasteiger partial charge in [0.05, 0.1) is 6.20 Å². The van der Waals surface area contributed by atoms with Crippen LogP contribution in [0, 0.1) is 13.8 Å². The van der Waals surface area contributed by atoms with E-state index >= 15 is 0 Å². The Labute approximate surface area is 128 Å². The van der Waals surface area contributed by atoms with Gasteiger partial charge >= 0.3 is 12.1 Å². The summed E-state index contributed by atoms with van der Waals surface area (Å²) in [4.78, 5) is 26.2. The SMILES string of the molecule is Cc1cc(C)c(C(=O)O[C@@H](c2cnn(C)c2)C(F)(F)F)c(=O)[nH]1. The van der Waals surface area contributed by atoms with Gasteiger partial charge in [0.1, 0.15) is 5.56 Å². The van der Waals surface area contributed by atoms with E-state index < -0.39 is 29.4 Å². The molecule has 0 saturated carbocycles. The molecular weight excluding hydrogens is 315 g/mol. The summed E-state index contributed by atoms with van der Waals surface area (Å²) in [5.41, 5.74) is -0.838. The number of H-pyrrole nitrogens is 1. The predicted octanol–water partition coefficient (Wildman–Crippen LogP) is 2.19. The quantitative estimate of drug-likeness (QED) is 0.876. The molecule has 9 heteroatoms. The maximum absolute atomic E-state index is 13.2. The lowest BCUT2D eigenvalue weighted by molar-refractivity contribution is -0.207. The Kier molecular flexibility index (Phi) is 4.31. The Balaban J connectivity index is 2.38. The average Bonchev–Trinajstić information content (AvgIpc) is 2.79. The molecule has 6 nitrogen and oxygen atoms in total. The molecule has 23 heavy (non-hydrogen) atoms. The van der Waals surface area contributed by atoms with E-state index in [4.69, 9.17) is 0 Å². The van der Waals surface area contributed by atoms with Crippen LogP contribution in [0.1, 0.15) is 33.3 Å². The highest BCUT2D eigenvalue weighted by Crippen LogP contribution is 2.36. The van der Waals surface area contributed by atoms with Crippen molar-refractivity contribution in [1.82, 2.24) is 14.8 Å². The van der Waals surface area contributed by atoms with E-state index in [1.54, 1.807) is 6.92 Å². The van der Waals surface area contributed by atoms with Gasteiger partial charge in [0.25, 0.3) is 5.56 Å². The number of nitrogens with zero attached hydrogens (tertiary/aromatic N) is 2. The van der Waals surface area contributed by atoms with Gasteiger partial charge in [0.2, 0.25) is 6.10 Å². The Morgan fingerprint density at radius 1 is 1.39 bits per heavy atom. The number of aryl methyl sites for hydroxylation is 3. The third-order valence-electron chi connectivity index (χ3n) is 3.12. The number of carbonyl (C=O) groups is 1. The molecule has 0 aliphatic rings. The molecule has 1 atom stereocenters. The number of aromatic nitrogens is 3. The first kappa shape index (κ1) is 16.8. The molecule has 0 saturated heterocycles. The number of pyridine rings is 1. The molecule has 0 fully saturated rings. The van der Waals surface area contributed by atoms with E-state index in [0.717, 1.165) is 17.1 Å². The maximum atomic E-state index is 13.2. The number of rotatable bonds is 3. The van der Waals surface area contributed by atoms with Gasteiger partial charge in [-0.2, -0.15) is 18.3 Å². The van der Waals surface area contributed by atoms with Gasteiger partial charge in [-0.05, 0) is 25.5 Å². The van der Waals surface area contributed by atoms with E-state index in [-0.39, 0.29) is 11.1 Å². The molecule has 0 unspecified atom stereocenters. The number of alkyl halides is 3. The van der Waals surface area contributed by atoms with Gasteiger partial charge < -0.3 is 9.72 Å². The van der Waals surface area contributed by atoms with Crippen molar-refractivity contribution in [3.05, 3.63) is 51.2 Å². The molecule has 0 bridgehead atoms. The lowest BCUT2D eigenvalue weighted by atomic mass is 10.1. The lowest BCUT2D eigenvalue weighted by Gasteiger charge is -2.19. The number of aromatic amines is 1. The zero-order valence-corrected chi connectivity index (χ0v) is 12.6. The van der Waals surface area contributed by atoms with Crippen LogP contribution in [0.25, 0.3) is 0 Å². The molecule has 2 aromatic heterocycles. The minimum atomic E-state index is -4.83. The lowest BCUT2D eigenvalue weighted by Crippen LogP contribution is -2.29. The minimum Gasteiger partial charge on any atom is -0.444 e. The third-order valence-corrected chi connectivity index (χ3v) is 3.12. The van der Waals surface area contributed by atoms with Crippen LogP contribution in [0.4, 0.5) is 13.2 Å². The highest BCUT2D eigenvalue weighted by Gasteiger charge is 2.45. The molecule has 0 aliphatic heterocycles. The molecule has 0 aromatic carbocycles. The second-order valence-corrected chi connectivity index (χ2v) is 5.11. The summed E-state index contributed by atoms with van der Waals surface area (Å²) in [5, 5.41) is 3.64. The summed E-state index contributed by atoms with van der Waals surface area (Å²) >= 11 is 0. The summed E-state index contributed by atoms with van der Waals surface area (Å²) < 4.78 is 45.2. The van der Waals surface area contributed by atoms with E-state index in [2.05, 4.69) is 14.8 Å². The number of esters is 1. The molecular formula is C14H14F3N3O3. The molecule has 2 rings (SSSR count). The Morgan fingerprint density at radius 2 is 2.04 bits per heavy atom. The van der Waals surface area contributed by atoms with Gasteiger partial charge in [0.15, 0.2) is 0 Å². The van der Waals surface area contributed by atoms with Crippen molar-refractivity contribution >= 4 is 5.97 Å². The summed E-state index contributed by atoms with van der Waals surface area (Å²) in [7, 11) is 1.44. The normalized spacial score (nSPS) is 13.0. The highest BCUT2D eigenvalue weighted by atomic mass is 19.4. The number of nitrogens with one attached hydrogen (secondary N) is 1. The van der Waals surface area contributed by atoms with Crippen molar-refractivity contribution in [2.75, 3.05) is 0 Å². The van der Waals surface area contributed by atoms with Gasteiger partial charge in [-0.3, -0.25) is 9.48 Å². The molecule has 2 heterocycles.